The number of benzene rings is 2. The Kier molecular flexibility index (Phi) is 3.75. The van der Waals surface area contributed by atoms with Gasteiger partial charge in [-0.2, -0.15) is 0 Å². The van der Waals surface area contributed by atoms with Gasteiger partial charge in [0.25, 0.3) is 0 Å². The molecule has 2 aromatic rings. The Morgan fingerprint density at radius 2 is 1.47 bits per heavy atom. The molecule has 0 aliphatic heterocycles. The van der Waals surface area contributed by atoms with E-state index in [-0.39, 0.29) is 6.04 Å². The SMILES string of the molecule is NCC(N)c1ccc(Oc2ccccc2)cc1. The summed E-state index contributed by atoms with van der Waals surface area (Å²) in [6.45, 7) is 0.443. The molecule has 1 atom stereocenters. The van der Waals surface area contributed by atoms with Crippen LogP contribution in [0.5, 0.6) is 11.5 Å². The molecule has 0 aliphatic rings. The standard InChI is InChI=1S/C14H16N2O/c15-10-14(16)11-6-8-13(9-7-11)17-12-4-2-1-3-5-12/h1-9,14H,10,15-16H2. The molecule has 2 aromatic carbocycles. The predicted molar refractivity (Wildman–Crippen MR) is 68.9 cm³/mol. The van der Waals surface area contributed by atoms with Gasteiger partial charge in [-0.15, -0.1) is 0 Å². The zero-order valence-corrected chi connectivity index (χ0v) is 9.54. The maximum atomic E-state index is 5.83. The molecule has 0 amide bonds. The zero-order chi connectivity index (χ0) is 12.1. The summed E-state index contributed by atoms with van der Waals surface area (Å²) in [4.78, 5) is 0. The first-order chi connectivity index (χ1) is 8.29. The van der Waals surface area contributed by atoms with Crippen LogP contribution in [-0.4, -0.2) is 6.54 Å². The van der Waals surface area contributed by atoms with Crippen molar-refractivity contribution in [3.05, 3.63) is 60.2 Å². The second-order valence-corrected chi connectivity index (χ2v) is 3.83. The van der Waals surface area contributed by atoms with Crippen LogP contribution < -0.4 is 16.2 Å². The molecular weight excluding hydrogens is 212 g/mol. The molecule has 0 aromatic heterocycles. The second-order valence-electron chi connectivity index (χ2n) is 3.83. The fourth-order valence-electron chi connectivity index (χ4n) is 1.54. The summed E-state index contributed by atoms with van der Waals surface area (Å²) in [5, 5.41) is 0. The van der Waals surface area contributed by atoms with Crippen LogP contribution in [0.25, 0.3) is 0 Å². The number of hydrogen-bond acceptors (Lipinski definition) is 3. The van der Waals surface area contributed by atoms with Gasteiger partial charge in [0.2, 0.25) is 0 Å². The molecule has 0 saturated carbocycles. The smallest absolute Gasteiger partial charge is 0.127 e. The molecule has 4 N–H and O–H groups in total. The highest BCUT2D eigenvalue weighted by Crippen LogP contribution is 2.22. The van der Waals surface area contributed by atoms with Gasteiger partial charge in [0.15, 0.2) is 0 Å². The van der Waals surface area contributed by atoms with Gasteiger partial charge in [-0.25, -0.2) is 0 Å². The fraction of sp³-hybridized carbons (Fsp3) is 0.143. The van der Waals surface area contributed by atoms with Gasteiger partial charge in [0.05, 0.1) is 0 Å². The van der Waals surface area contributed by atoms with E-state index in [4.69, 9.17) is 16.2 Å². The Morgan fingerprint density at radius 1 is 0.882 bits per heavy atom. The lowest BCUT2D eigenvalue weighted by molar-refractivity contribution is 0.482. The molecule has 3 nitrogen and oxygen atoms in total. The number of nitrogens with two attached hydrogens (primary N) is 2. The monoisotopic (exact) mass is 228 g/mol. The highest BCUT2D eigenvalue weighted by atomic mass is 16.5. The first-order valence-electron chi connectivity index (χ1n) is 5.58. The maximum Gasteiger partial charge on any atom is 0.127 e. The summed E-state index contributed by atoms with van der Waals surface area (Å²) in [6, 6.07) is 17.2. The van der Waals surface area contributed by atoms with Crippen LogP contribution in [0.1, 0.15) is 11.6 Å². The third kappa shape index (κ3) is 3.06. The van der Waals surface area contributed by atoms with E-state index in [9.17, 15) is 0 Å². The van der Waals surface area contributed by atoms with Gasteiger partial charge in [0.1, 0.15) is 11.5 Å². The minimum atomic E-state index is -0.110. The lowest BCUT2D eigenvalue weighted by Gasteiger charge is -2.10. The molecule has 2 rings (SSSR count). The Hall–Kier alpha value is -1.84. The van der Waals surface area contributed by atoms with E-state index in [0.29, 0.717) is 6.54 Å². The van der Waals surface area contributed by atoms with Gasteiger partial charge in [0, 0.05) is 12.6 Å². The molecule has 88 valence electrons. The van der Waals surface area contributed by atoms with Crippen molar-refractivity contribution in [3.8, 4) is 11.5 Å². The van der Waals surface area contributed by atoms with Crippen molar-refractivity contribution in [2.24, 2.45) is 11.5 Å². The van der Waals surface area contributed by atoms with E-state index in [1.807, 2.05) is 54.6 Å². The second kappa shape index (κ2) is 5.48. The maximum absolute atomic E-state index is 5.83. The van der Waals surface area contributed by atoms with E-state index < -0.39 is 0 Å². The Bertz CT molecular complexity index is 453. The lowest BCUT2D eigenvalue weighted by atomic mass is 10.1. The number of para-hydroxylation sites is 1. The largest absolute Gasteiger partial charge is 0.457 e. The van der Waals surface area contributed by atoms with Crippen LogP contribution in [0.3, 0.4) is 0 Å². The summed E-state index contributed by atoms with van der Waals surface area (Å²) in [6.07, 6.45) is 0. The van der Waals surface area contributed by atoms with Crippen molar-refractivity contribution in [2.45, 2.75) is 6.04 Å². The molecule has 0 saturated heterocycles. The topological polar surface area (TPSA) is 61.3 Å². The van der Waals surface area contributed by atoms with Crippen molar-refractivity contribution in [1.29, 1.82) is 0 Å². The Labute approximate surface area is 101 Å². The fourth-order valence-corrected chi connectivity index (χ4v) is 1.54. The van der Waals surface area contributed by atoms with E-state index in [1.54, 1.807) is 0 Å². The molecular formula is C14H16N2O. The summed E-state index contributed by atoms with van der Waals surface area (Å²) >= 11 is 0. The van der Waals surface area contributed by atoms with E-state index in [2.05, 4.69) is 0 Å². The molecule has 0 spiro atoms. The van der Waals surface area contributed by atoms with E-state index in [1.165, 1.54) is 0 Å². The minimum Gasteiger partial charge on any atom is -0.457 e. The summed E-state index contributed by atoms with van der Waals surface area (Å²) in [5.41, 5.74) is 12.4. The van der Waals surface area contributed by atoms with Crippen LogP contribution in [0.4, 0.5) is 0 Å². The van der Waals surface area contributed by atoms with Gasteiger partial charge < -0.3 is 16.2 Å². The van der Waals surface area contributed by atoms with Crippen molar-refractivity contribution in [1.82, 2.24) is 0 Å². The van der Waals surface area contributed by atoms with Crippen LogP contribution in [0.15, 0.2) is 54.6 Å². The van der Waals surface area contributed by atoms with Crippen LogP contribution in [0.2, 0.25) is 0 Å². The summed E-state index contributed by atoms with van der Waals surface area (Å²) in [5.74, 6) is 1.62. The summed E-state index contributed by atoms with van der Waals surface area (Å²) in [7, 11) is 0. The van der Waals surface area contributed by atoms with Crippen LogP contribution in [-0.2, 0) is 0 Å². The molecule has 0 radical (unpaired) electrons. The highest BCUT2D eigenvalue weighted by Gasteiger charge is 2.03. The average Bonchev–Trinajstić information content (AvgIpc) is 2.40. The van der Waals surface area contributed by atoms with Crippen molar-refractivity contribution >= 4 is 0 Å². The Balaban J connectivity index is 2.08. The predicted octanol–water partition coefficient (Wildman–Crippen LogP) is 2.44. The molecule has 3 heteroatoms. The molecule has 0 fully saturated rings. The molecule has 0 heterocycles. The molecule has 17 heavy (non-hydrogen) atoms. The molecule has 0 bridgehead atoms. The lowest BCUT2D eigenvalue weighted by Crippen LogP contribution is -2.20. The minimum absolute atomic E-state index is 0.110. The van der Waals surface area contributed by atoms with Gasteiger partial charge in [-0.05, 0) is 29.8 Å². The van der Waals surface area contributed by atoms with E-state index >= 15 is 0 Å². The van der Waals surface area contributed by atoms with Crippen molar-refractivity contribution in [3.63, 3.8) is 0 Å². The van der Waals surface area contributed by atoms with E-state index in [0.717, 1.165) is 17.1 Å². The van der Waals surface area contributed by atoms with Gasteiger partial charge in [-0.1, -0.05) is 30.3 Å². The third-order valence-corrected chi connectivity index (χ3v) is 2.54. The average molecular weight is 228 g/mol. The third-order valence-electron chi connectivity index (χ3n) is 2.54. The van der Waals surface area contributed by atoms with Gasteiger partial charge in [-0.3, -0.25) is 0 Å². The number of rotatable bonds is 4. The Morgan fingerprint density at radius 3 is 2.06 bits per heavy atom. The van der Waals surface area contributed by atoms with Crippen molar-refractivity contribution in [2.75, 3.05) is 6.54 Å². The normalized spacial score (nSPS) is 12.1. The summed E-state index contributed by atoms with van der Waals surface area (Å²) < 4.78 is 5.67. The van der Waals surface area contributed by atoms with Crippen LogP contribution in [0, 0.1) is 0 Å². The number of hydrogen-bond donors (Lipinski definition) is 2. The van der Waals surface area contributed by atoms with Crippen molar-refractivity contribution < 1.29 is 4.74 Å². The first kappa shape index (κ1) is 11.6. The zero-order valence-electron chi connectivity index (χ0n) is 9.54. The molecule has 1 unspecified atom stereocenters. The first-order valence-corrected chi connectivity index (χ1v) is 5.58. The van der Waals surface area contributed by atoms with Gasteiger partial charge >= 0.3 is 0 Å². The van der Waals surface area contributed by atoms with Crippen LogP contribution >= 0.6 is 0 Å². The quantitative estimate of drug-likeness (QED) is 0.844. The number of ether oxygens (including phenoxy) is 1. The highest BCUT2D eigenvalue weighted by molar-refractivity contribution is 5.33. The molecule has 0 aliphatic carbocycles.